The Labute approximate surface area is 122 Å². The highest BCUT2D eigenvalue weighted by molar-refractivity contribution is 5.82. The van der Waals surface area contributed by atoms with Crippen molar-refractivity contribution in [1.29, 1.82) is 0 Å². The first-order valence-corrected chi connectivity index (χ1v) is 6.80. The normalized spacial score (nSPS) is 10.8. The molecule has 0 bridgehead atoms. The van der Waals surface area contributed by atoms with Crippen LogP contribution in [0.5, 0.6) is 0 Å². The predicted octanol–water partition coefficient (Wildman–Crippen LogP) is 0.148. The van der Waals surface area contributed by atoms with E-state index in [4.69, 9.17) is 4.74 Å². The molecule has 21 heavy (non-hydrogen) atoms. The second-order valence-corrected chi connectivity index (χ2v) is 4.64. The van der Waals surface area contributed by atoms with Crippen LogP contribution in [0.1, 0.15) is 19.0 Å². The number of aromatic nitrogens is 4. The number of amides is 1. The minimum absolute atomic E-state index is 0.104. The minimum Gasteiger partial charge on any atom is -0.465 e. The molecule has 0 aliphatic rings. The molecule has 0 unspecified atom stereocenters. The van der Waals surface area contributed by atoms with Crippen LogP contribution >= 0.6 is 0 Å². The van der Waals surface area contributed by atoms with Gasteiger partial charge in [0.05, 0.1) is 25.0 Å². The van der Waals surface area contributed by atoms with E-state index in [9.17, 15) is 9.59 Å². The van der Waals surface area contributed by atoms with Crippen LogP contribution in [0.4, 0.5) is 0 Å². The second kappa shape index (κ2) is 6.38. The number of carbonyl (C=O) groups excluding carboxylic acids is 2. The fourth-order valence-electron chi connectivity index (χ4n) is 2.16. The molecule has 8 heteroatoms. The molecule has 8 nitrogen and oxygen atoms in total. The van der Waals surface area contributed by atoms with E-state index in [0.717, 1.165) is 16.7 Å². The zero-order valence-electron chi connectivity index (χ0n) is 12.4. The maximum Gasteiger partial charge on any atom is 0.325 e. The van der Waals surface area contributed by atoms with Crippen molar-refractivity contribution in [3.05, 3.63) is 11.9 Å². The quantitative estimate of drug-likeness (QED) is 0.765. The second-order valence-electron chi connectivity index (χ2n) is 4.64. The molecular formula is C13H19N5O3. The first-order chi connectivity index (χ1) is 10.0. The molecule has 2 rings (SSSR count). The molecule has 0 aromatic carbocycles. The van der Waals surface area contributed by atoms with E-state index in [2.05, 4.69) is 15.5 Å². The number of fused-ring (bicyclic) bond motifs is 1. The molecule has 0 fully saturated rings. The van der Waals surface area contributed by atoms with Crippen molar-refractivity contribution in [2.24, 2.45) is 7.05 Å². The van der Waals surface area contributed by atoms with Crippen LogP contribution < -0.4 is 5.32 Å². The highest BCUT2D eigenvalue weighted by Gasteiger charge is 2.12. The summed E-state index contributed by atoms with van der Waals surface area (Å²) in [4.78, 5) is 22.8. The van der Waals surface area contributed by atoms with E-state index in [1.807, 2.05) is 14.0 Å². The lowest BCUT2D eigenvalue weighted by atomic mass is 10.3. The van der Waals surface area contributed by atoms with Gasteiger partial charge in [-0.1, -0.05) is 0 Å². The Hall–Kier alpha value is -2.38. The third kappa shape index (κ3) is 3.39. The lowest BCUT2D eigenvalue weighted by Gasteiger charge is -2.05. The number of hydrogen-bond acceptors (Lipinski definition) is 5. The molecule has 2 heterocycles. The SMILES string of the molecule is CCOC(=O)CNC(=O)CCn1ncc2c1c(C)nn2C. The van der Waals surface area contributed by atoms with Crippen LogP contribution in [0, 0.1) is 6.92 Å². The van der Waals surface area contributed by atoms with Gasteiger partial charge in [-0.25, -0.2) is 0 Å². The lowest BCUT2D eigenvalue weighted by Crippen LogP contribution is -2.31. The highest BCUT2D eigenvalue weighted by Crippen LogP contribution is 2.16. The first-order valence-electron chi connectivity index (χ1n) is 6.80. The molecule has 0 spiro atoms. The van der Waals surface area contributed by atoms with Gasteiger partial charge in [0.1, 0.15) is 17.6 Å². The summed E-state index contributed by atoms with van der Waals surface area (Å²) in [6.45, 7) is 4.26. The summed E-state index contributed by atoms with van der Waals surface area (Å²) in [5.74, 6) is -0.649. The smallest absolute Gasteiger partial charge is 0.325 e. The Morgan fingerprint density at radius 2 is 2.19 bits per heavy atom. The molecule has 1 N–H and O–H groups in total. The van der Waals surface area contributed by atoms with Crippen molar-refractivity contribution < 1.29 is 14.3 Å². The maximum absolute atomic E-state index is 11.7. The van der Waals surface area contributed by atoms with Gasteiger partial charge in [0.2, 0.25) is 5.91 Å². The summed E-state index contributed by atoms with van der Waals surface area (Å²) >= 11 is 0. The lowest BCUT2D eigenvalue weighted by molar-refractivity contribution is -0.143. The first kappa shape index (κ1) is 15.0. The summed E-state index contributed by atoms with van der Waals surface area (Å²) in [6, 6.07) is 0. The Morgan fingerprint density at radius 1 is 1.43 bits per heavy atom. The molecule has 0 radical (unpaired) electrons. The molecule has 0 aliphatic carbocycles. The zero-order chi connectivity index (χ0) is 15.4. The molecule has 0 atom stereocenters. The molecule has 1 amide bonds. The van der Waals surface area contributed by atoms with Gasteiger partial charge < -0.3 is 10.1 Å². The number of esters is 1. The highest BCUT2D eigenvalue weighted by atomic mass is 16.5. The van der Waals surface area contributed by atoms with Crippen LogP contribution in [-0.4, -0.2) is 44.6 Å². The Bertz CT molecular complexity index is 658. The van der Waals surface area contributed by atoms with Crippen LogP contribution in [0.3, 0.4) is 0 Å². The Kier molecular flexibility index (Phi) is 4.56. The van der Waals surface area contributed by atoms with Crippen molar-refractivity contribution >= 4 is 22.9 Å². The predicted molar refractivity (Wildman–Crippen MR) is 75.5 cm³/mol. The number of aryl methyl sites for hydroxylation is 3. The van der Waals surface area contributed by atoms with E-state index >= 15 is 0 Å². The van der Waals surface area contributed by atoms with E-state index in [1.165, 1.54) is 0 Å². The third-order valence-electron chi connectivity index (χ3n) is 3.10. The number of ether oxygens (including phenoxy) is 1. The summed E-state index contributed by atoms with van der Waals surface area (Å²) in [6.07, 6.45) is 1.97. The summed E-state index contributed by atoms with van der Waals surface area (Å²) in [5.41, 5.74) is 2.73. The van der Waals surface area contributed by atoms with Gasteiger partial charge in [-0.15, -0.1) is 0 Å². The van der Waals surface area contributed by atoms with E-state index in [-0.39, 0.29) is 18.9 Å². The van der Waals surface area contributed by atoms with Crippen LogP contribution in [0.25, 0.3) is 11.0 Å². The largest absolute Gasteiger partial charge is 0.465 e. The number of nitrogens with zero attached hydrogens (tertiary/aromatic N) is 4. The average molecular weight is 293 g/mol. The maximum atomic E-state index is 11.7. The van der Waals surface area contributed by atoms with Crippen molar-refractivity contribution in [2.75, 3.05) is 13.2 Å². The van der Waals surface area contributed by atoms with Crippen LogP contribution in [-0.2, 0) is 27.9 Å². The third-order valence-corrected chi connectivity index (χ3v) is 3.10. The number of nitrogens with one attached hydrogen (secondary N) is 1. The summed E-state index contributed by atoms with van der Waals surface area (Å²) in [7, 11) is 1.85. The zero-order valence-corrected chi connectivity index (χ0v) is 12.4. The van der Waals surface area contributed by atoms with Gasteiger partial charge in [0.15, 0.2) is 0 Å². The molecule has 0 saturated carbocycles. The van der Waals surface area contributed by atoms with E-state index in [1.54, 1.807) is 22.5 Å². The fraction of sp³-hybridized carbons (Fsp3) is 0.538. The van der Waals surface area contributed by atoms with Crippen molar-refractivity contribution in [3.63, 3.8) is 0 Å². The minimum atomic E-state index is -0.435. The molecule has 2 aromatic heterocycles. The molecule has 0 saturated heterocycles. The van der Waals surface area contributed by atoms with E-state index < -0.39 is 5.97 Å². The molecule has 114 valence electrons. The van der Waals surface area contributed by atoms with Gasteiger partial charge in [-0.05, 0) is 13.8 Å². The molecule has 2 aromatic rings. The number of hydrogen-bond donors (Lipinski definition) is 1. The molecule has 0 aliphatic heterocycles. The van der Waals surface area contributed by atoms with Gasteiger partial charge in [0, 0.05) is 13.5 Å². The number of rotatable bonds is 6. The standard InChI is InChI=1S/C13H19N5O3/c1-4-21-12(20)8-14-11(19)5-6-18-13-9(2)16-17(3)10(13)7-15-18/h7H,4-6,8H2,1-3H3,(H,14,19). The summed E-state index contributed by atoms with van der Waals surface area (Å²) in [5, 5.41) is 11.1. The average Bonchev–Trinajstić information content (AvgIpc) is 2.97. The summed E-state index contributed by atoms with van der Waals surface area (Å²) < 4.78 is 8.25. The van der Waals surface area contributed by atoms with Gasteiger partial charge in [0.25, 0.3) is 0 Å². The van der Waals surface area contributed by atoms with Crippen molar-refractivity contribution in [3.8, 4) is 0 Å². The van der Waals surface area contributed by atoms with Crippen molar-refractivity contribution in [2.45, 2.75) is 26.8 Å². The molecular weight excluding hydrogens is 274 g/mol. The topological polar surface area (TPSA) is 91.0 Å². The van der Waals surface area contributed by atoms with Crippen LogP contribution in [0.2, 0.25) is 0 Å². The monoisotopic (exact) mass is 293 g/mol. The van der Waals surface area contributed by atoms with E-state index in [0.29, 0.717) is 13.2 Å². The van der Waals surface area contributed by atoms with Gasteiger partial charge in [-0.3, -0.25) is 19.0 Å². The Balaban J connectivity index is 1.90. The van der Waals surface area contributed by atoms with Crippen molar-refractivity contribution in [1.82, 2.24) is 24.9 Å². The Morgan fingerprint density at radius 3 is 2.90 bits per heavy atom. The number of carbonyl (C=O) groups is 2. The van der Waals surface area contributed by atoms with Crippen LogP contribution in [0.15, 0.2) is 6.20 Å². The van der Waals surface area contributed by atoms with Gasteiger partial charge >= 0.3 is 5.97 Å². The van der Waals surface area contributed by atoms with Gasteiger partial charge in [-0.2, -0.15) is 10.2 Å². The fourth-order valence-corrected chi connectivity index (χ4v) is 2.16.